The van der Waals surface area contributed by atoms with Crippen molar-refractivity contribution in [2.24, 2.45) is 10.2 Å². The minimum absolute atomic E-state index is 0.435. The molecule has 0 bridgehead atoms. The molecule has 0 aliphatic carbocycles. The summed E-state index contributed by atoms with van der Waals surface area (Å²) in [6.07, 6.45) is 0. The van der Waals surface area contributed by atoms with E-state index in [4.69, 9.17) is 5.73 Å². The van der Waals surface area contributed by atoms with Gasteiger partial charge in [0, 0.05) is 5.39 Å². The number of fused-ring (bicyclic) bond motifs is 1. The maximum Gasteiger partial charge on any atom is 0.296 e. The van der Waals surface area contributed by atoms with Crippen LogP contribution >= 0.6 is 0 Å². The molecule has 0 atom stereocenters. The molecule has 0 fully saturated rings. The van der Waals surface area contributed by atoms with Gasteiger partial charge in [0.1, 0.15) is 31.8 Å². The van der Waals surface area contributed by atoms with Gasteiger partial charge in [-0.25, -0.2) is 0 Å². The van der Waals surface area contributed by atoms with Crippen molar-refractivity contribution in [2.45, 2.75) is 19.6 Å². The highest BCUT2D eigenvalue weighted by atomic mass is 32.2. The van der Waals surface area contributed by atoms with Crippen molar-refractivity contribution >= 4 is 68.3 Å². The molecule has 0 spiro atoms. The number of rotatable bonds is 6. The van der Waals surface area contributed by atoms with E-state index in [-0.39, 0.29) is 0 Å². The summed E-state index contributed by atoms with van der Waals surface area (Å²) in [5.41, 5.74) is 3.21. The fourth-order valence-electron chi connectivity index (χ4n) is 2.92. The molecule has 20 heteroatoms. The normalized spacial score (nSPS) is 13.4. The smallest absolute Gasteiger partial charge is 0.296 e. The van der Waals surface area contributed by atoms with Crippen LogP contribution in [0.2, 0.25) is 0 Å². The Morgan fingerprint density at radius 3 is 1.81 bits per heavy atom. The summed E-state index contributed by atoms with van der Waals surface area (Å²) in [5.74, 6) is -1.01. The van der Waals surface area contributed by atoms with Gasteiger partial charge in [-0.05, 0) is 35.7 Å². The lowest BCUT2D eigenvalue weighted by molar-refractivity contribution is 0.469. The zero-order chi connectivity index (χ0) is 27.4. The number of aromatic hydroxyl groups is 1. The Balaban J connectivity index is 2.41. The zero-order valence-electron chi connectivity index (χ0n) is 17.0. The third-order valence-electron chi connectivity index (χ3n) is 4.42. The third kappa shape index (κ3) is 5.44. The summed E-state index contributed by atoms with van der Waals surface area (Å²) in [7, 11) is -20.1. The molecule has 0 amide bonds. The first-order valence-corrected chi connectivity index (χ1v) is 14.4. The Morgan fingerprint density at radius 2 is 1.31 bits per heavy atom. The first-order valence-electron chi connectivity index (χ1n) is 8.68. The summed E-state index contributed by atoms with van der Waals surface area (Å²) in [5, 5.41) is 16.0. The maximum atomic E-state index is 12.0. The van der Waals surface area contributed by atoms with Crippen LogP contribution in [0, 0.1) is 6.07 Å². The predicted octanol–water partition coefficient (Wildman–Crippen LogP) is 1.33. The van der Waals surface area contributed by atoms with Crippen molar-refractivity contribution in [1.82, 2.24) is 0 Å². The van der Waals surface area contributed by atoms with Crippen molar-refractivity contribution in [1.29, 1.82) is 0 Å². The van der Waals surface area contributed by atoms with Crippen LogP contribution in [0.15, 0.2) is 60.1 Å². The van der Waals surface area contributed by atoms with Crippen LogP contribution in [0.4, 0.5) is 17.1 Å². The number of hydrogen-bond acceptors (Lipinski definition) is 12. The number of phenols is 1. The molecule has 36 heavy (non-hydrogen) atoms. The summed E-state index contributed by atoms with van der Waals surface area (Å²) >= 11 is 0. The van der Waals surface area contributed by atoms with Crippen molar-refractivity contribution in [2.75, 3.05) is 5.73 Å². The van der Waals surface area contributed by atoms with Crippen LogP contribution in [-0.2, 0) is 40.5 Å². The molecule has 0 saturated carbocycles. The van der Waals surface area contributed by atoms with E-state index >= 15 is 0 Å². The fraction of sp³-hybridized carbons (Fsp3) is 0. The molecule has 0 aliphatic heterocycles. The number of nitrogens with two attached hydrogens (primary N) is 1. The van der Waals surface area contributed by atoms with Crippen LogP contribution < -0.4 is 5.73 Å². The number of nitrogen functional groups attached to an aromatic ring is 1. The molecule has 3 rings (SSSR count). The Hall–Kier alpha value is -3.24. The number of azo groups is 1. The molecular formula is C16H12N3O13S4. The first kappa shape index (κ1) is 27.3. The molecule has 16 nitrogen and oxygen atoms in total. The van der Waals surface area contributed by atoms with E-state index in [1.54, 1.807) is 0 Å². The lowest BCUT2D eigenvalue weighted by Crippen LogP contribution is -2.04. The number of phenolic OH excluding ortho intramolecular Hbond substituents is 1. The van der Waals surface area contributed by atoms with Crippen LogP contribution in [-0.4, -0.2) is 57.0 Å². The van der Waals surface area contributed by atoms with E-state index in [9.17, 15) is 57.0 Å². The van der Waals surface area contributed by atoms with E-state index in [2.05, 4.69) is 10.2 Å². The van der Waals surface area contributed by atoms with Gasteiger partial charge in [0.05, 0.1) is 16.6 Å². The molecule has 0 saturated heterocycles. The van der Waals surface area contributed by atoms with E-state index in [0.717, 1.165) is 0 Å². The van der Waals surface area contributed by atoms with Crippen molar-refractivity contribution < 1.29 is 57.0 Å². The number of anilines is 1. The highest BCUT2D eigenvalue weighted by Crippen LogP contribution is 2.43. The second-order valence-corrected chi connectivity index (χ2v) is 12.4. The lowest BCUT2D eigenvalue weighted by Gasteiger charge is -2.12. The Morgan fingerprint density at radius 1 is 0.722 bits per heavy atom. The van der Waals surface area contributed by atoms with Crippen LogP contribution in [0.1, 0.15) is 0 Å². The predicted molar refractivity (Wildman–Crippen MR) is 119 cm³/mol. The van der Waals surface area contributed by atoms with Crippen molar-refractivity contribution in [3.63, 3.8) is 0 Å². The SMILES string of the molecule is Nc1c(/N=N/c2cc(S(=O)(=O)O)ccc2S(=O)(=O)O)c(S(=O)(=O)O)cc2cc(S(=O)(=O)O)[c]c(O)c12. The summed E-state index contributed by atoms with van der Waals surface area (Å²) < 4.78 is 130. The van der Waals surface area contributed by atoms with E-state index < -0.39 is 93.6 Å². The number of nitrogens with zero attached hydrogens (tertiary/aromatic N) is 2. The third-order valence-corrected chi connectivity index (χ3v) is 7.81. The van der Waals surface area contributed by atoms with Gasteiger partial charge in [-0.15, -0.1) is 10.2 Å². The highest BCUT2D eigenvalue weighted by Gasteiger charge is 2.25. The molecule has 0 unspecified atom stereocenters. The molecule has 0 aromatic heterocycles. The number of benzene rings is 3. The largest absolute Gasteiger partial charge is 0.507 e. The zero-order valence-corrected chi connectivity index (χ0v) is 20.3. The van der Waals surface area contributed by atoms with E-state index in [0.29, 0.717) is 30.3 Å². The van der Waals surface area contributed by atoms with Gasteiger partial charge in [0.15, 0.2) is 0 Å². The molecule has 7 N–H and O–H groups in total. The van der Waals surface area contributed by atoms with Gasteiger partial charge in [0.25, 0.3) is 40.5 Å². The minimum Gasteiger partial charge on any atom is -0.507 e. The van der Waals surface area contributed by atoms with E-state index in [1.807, 2.05) is 6.07 Å². The van der Waals surface area contributed by atoms with E-state index in [1.165, 1.54) is 0 Å². The Bertz CT molecular complexity index is 1900. The monoisotopic (exact) mass is 582 g/mol. The second kappa shape index (κ2) is 8.70. The second-order valence-electron chi connectivity index (χ2n) is 6.81. The van der Waals surface area contributed by atoms with Crippen LogP contribution in [0.3, 0.4) is 0 Å². The molecule has 3 aromatic rings. The van der Waals surface area contributed by atoms with Crippen LogP contribution in [0.5, 0.6) is 5.75 Å². The van der Waals surface area contributed by atoms with Gasteiger partial charge in [0.2, 0.25) is 0 Å². The Kier molecular flexibility index (Phi) is 6.61. The lowest BCUT2D eigenvalue weighted by atomic mass is 10.1. The molecular weight excluding hydrogens is 570 g/mol. The van der Waals surface area contributed by atoms with Crippen molar-refractivity contribution in [3.05, 3.63) is 36.4 Å². The standard InChI is InChI=1S/C16H12N3O13S4/c17-15-14-7(3-9(6-11(14)20)34(24,25)26)4-13(36(30,31)32)16(15)19-18-10-5-8(33(21,22)23)1-2-12(10)35(27,28)29/h1-5,20H,17H2,(H,21,22,23)(H,24,25,26)(H,27,28,29)(H,30,31,32)/b19-18+. The molecule has 3 aromatic carbocycles. The highest BCUT2D eigenvalue weighted by molar-refractivity contribution is 7.86. The van der Waals surface area contributed by atoms with Gasteiger partial charge in [-0.3, -0.25) is 18.2 Å². The first-order chi connectivity index (χ1) is 16.2. The van der Waals surface area contributed by atoms with Gasteiger partial charge < -0.3 is 10.8 Å². The van der Waals surface area contributed by atoms with Crippen LogP contribution in [0.25, 0.3) is 10.8 Å². The molecule has 193 valence electrons. The fourth-order valence-corrected chi connectivity index (χ4v) is 5.20. The summed E-state index contributed by atoms with van der Waals surface area (Å²) in [4.78, 5) is -4.04. The van der Waals surface area contributed by atoms with Gasteiger partial charge >= 0.3 is 0 Å². The number of hydrogen-bond donors (Lipinski definition) is 6. The van der Waals surface area contributed by atoms with Gasteiger partial charge in [-0.2, -0.15) is 33.7 Å². The topological polar surface area (TPSA) is 288 Å². The quantitative estimate of drug-likeness (QED) is 0.136. The average molecular weight is 583 g/mol. The van der Waals surface area contributed by atoms with Crippen molar-refractivity contribution in [3.8, 4) is 5.75 Å². The molecule has 0 heterocycles. The Labute approximate surface area is 202 Å². The van der Waals surface area contributed by atoms with Gasteiger partial charge in [-0.1, -0.05) is 0 Å². The average Bonchev–Trinajstić information content (AvgIpc) is 2.69. The summed E-state index contributed by atoms with van der Waals surface area (Å²) in [6.45, 7) is 0. The molecule has 0 aliphatic rings. The minimum atomic E-state index is -5.22. The maximum absolute atomic E-state index is 12.0. The molecule has 1 radical (unpaired) electrons. The summed E-state index contributed by atoms with van der Waals surface area (Å²) in [6, 6.07) is 4.72.